The van der Waals surface area contributed by atoms with Crippen molar-refractivity contribution in [2.24, 2.45) is 5.92 Å². The third-order valence-corrected chi connectivity index (χ3v) is 3.10. The van der Waals surface area contributed by atoms with Crippen LogP contribution in [0.5, 0.6) is 0 Å². The minimum atomic E-state index is -0.0184. The van der Waals surface area contributed by atoms with Gasteiger partial charge in [0.1, 0.15) is 0 Å². The predicted molar refractivity (Wildman–Crippen MR) is 67.8 cm³/mol. The van der Waals surface area contributed by atoms with Crippen molar-refractivity contribution in [3.63, 3.8) is 0 Å². The summed E-state index contributed by atoms with van der Waals surface area (Å²) >= 11 is 0. The molecule has 1 heterocycles. The van der Waals surface area contributed by atoms with Gasteiger partial charge in [-0.2, -0.15) is 0 Å². The third-order valence-electron chi connectivity index (χ3n) is 3.10. The van der Waals surface area contributed by atoms with Crippen molar-refractivity contribution in [1.82, 2.24) is 0 Å². The molecule has 1 aromatic carbocycles. The number of hydrogen-bond donors (Lipinski definition) is 1. The highest BCUT2D eigenvalue weighted by Crippen LogP contribution is 2.21. The molecular formula is C13H18N2O2. The maximum Gasteiger partial charge on any atom is 0.232 e. The smallest absolute Gasteiger partial charge is 0.232 e. The Morgan fingerprint density at radius 2 is 2.35 bits per heavy atom. The number of hydrogen-bond acceptors (Lipinski definition) is 3. The molecule has 0 bridgehead atoms. The largest absolute Gasteiger partial charge is 0.399 e. The van der Waals surface area contributed by atoms with E-state index in [1.807, 2.05) is 24.3 Å². The average Bonchev–Trinajstić information content (AvgIpc) is 2.38. The van der Waals surface area contributed by atoms with Gasteiger partial charge in [-0.05, 0) is 31.0 Å². The van der Waals surface area contributed by atoms with E-state index in [1.165, 1.54) is 0 Å². The van der Waals surface area contributed by atoms with E-state index in [0.29, 0.717) is 12.3 Å². The average molecular weight is 234 g/mol. The van der Waals surface area contributed by atoms with Gasteiger partial charge in [-0.1, -0.05) is 6.07 Å². The Balaban J connectivity index is 2.08. The maximum atomic E-state index is 12.2. The minimum Gasteiger partial charge on any atom is -0.399 e. The molecule has 0 radical (unpaired) electrons. The molecule has 0 aliphatic carbocycles. The van der Waals surface area contributed by atoms with Gasteiger partial charge >= 0.3 is 0 Å². The molecule has 0 saturated carbocycles. The van der Waals surface area contributed by atoms with E-state index in [0.717, 1.165) is 25.1 Å². The highest BCUT2D eigenvalue weighted by Gasteiger charge is 2.25. The van der Waals surface area contributed by atoms with E-state index in [2.05, 4.69) is 0 Å². The fraction of sp³-hybridized carbons (Fsp3) is 0.462. The zero-order chi connectivity index (χ0) is 12.3. The second-order valence-electron chi connectivity index (χ2n) is 4.41. The zero-order valence-corrected chi connectivity index (χ0v) is 10.1. The summed E-state index contributed by atoms with van der Waals surface area (Å²) in [6.07, 6.45) is 1.87. The summed E-state index contributed by atoms with van der Waals surface area (Å²) in [7, 11) is 1.78. The number of rotatable bonds is 2. The second kappa shape index (κ2) is 5.19. The number of nitrogens with zero attached hydrogens (tertiary/aromatic N) is 1. The number of nitrogens with two attached hydrogens (primary N) is 1. The first-order valence-electron chi connectivity index (χ1n) is 5.89. The Morgan fingerprint density at radius 3 is 3.00 bits per heavy atom. The standard InChI is InChI=1S/C13H18N2O2/c1-15(12-6-2-5-11(14)8-12)13(16)10-4-3-7-17-9-10/h2,5-6,8,10H,3-4,7,9,14H2,1H3. The van der Waals surface area contributed by atoms with Gasteiger partial charge in [0.2, 0.25) is 5.91 Å². The van der Waals surface area contributed by atoms with Gasteiger partial charge in [-0.15, -0.1) is 0 Å². The lowest BCUT2D eigenvalue weighted by Crippen LogP contribution is -2.37. The summed E-state index contributed by atoms with van der Waals surface area (Å²) in [4.78, 5) is 13.9. The van der Waals surface area contributed by atoms with E-state index in [4.69, 9.17) is 10.5 Å². The Hall–Kier alpha value is -1.55. The van der Waals surface area contributed by atoms with Gasteiger partial charge in [0.05, 0.1) is 12.5 Å². The van der Waals surface area contributed by atoms with Crippen LogP contribution in [0.4, 0.5) is 11.4 Å². The number of ether oxygens (including phenoxy) is 1. The van der Waals surface area contributed by atoms with Crippen molar-refractivity contribution in [1.29, 1.82) is 0 Å². The summed E-state index contributed by atoms with van der Waals surface area (Å²) in [5.74, 6) is 0.0884. The van der Waals surface area contributed by atoms with Gasteiger partial charge in [0, 0.05) is 25.0 Å². The van der Waals surface area contributed by atoms with Crippen molar-refractivity contribution in [2.45, 2.75) is 12.8 Å². The first-order chi connectivity index (χ1) is 8.18. The number of benzene rings is 1. The summed E-state index contributed by atoms with van der Waals surface area (Å²) < 4.78 is 5.34. The van der Waals surface area contributed by atoms with Crippen molar-refractivity contribution >= 4 is 17.3 Å². The lowest BCUT2D eigenvalue weighted by Gasteiger charge is -2.26. The van der Waals surface area contributed by atoms with Gasteiger partial charge in [-0.25, -0.2) is 0 Å². The van der Waals surface area contributed by atoms with E-state index in [9.17, 15) is 4.79 Å². The van der Waals surface area contributed by atoms with Crippen molar-refractivity contribution in [3.05, 3.63) is 24.3 Å². The lowest BCUT2D eigenvalue weighted by atomic mass is 10.0. The number of carbonyl (C=O) groups is 1. The van der Waals surface area contributed by atoms with E-state index < -0.39 is 0 Å². The second-order valence-corrected chi connectivity index (χ2v) is 4.41. The topological polar surface area (TPSA) is 55.6 Å². The monoisotopic (exact) mass is 234 g/mol. The number of nitrogen functional groups attached to an aromatic ring is 1. The molecule has 1 unspecified atom stereocenters. The summed E-state index contributed by atoms with van der Waals surface area (Å²) in [6, 6.07) is 7.36. The highest BCUT2D eigenvalue weighted by atomic mass is 16.5. The lowest BCUT2D eigenvalue weighted by molar-refractivity contribution is -0.125. The SMILES string of the molecule is CN(C(=O)C1CCCOC1)c1cccc(N)c1. The molecule has 2 rings (SSSR count). The van der Waals surface area contributed by atoms with Gasteiger partial charge in [-0.3, -0.25) is 4.79 Å². The van der Waals surface area contributed by atoms with Crippen molar-refractivity contribution in [3.8, 4) is 0 Å². The first-order valence-corrected chi connectivity index (χ1v) is 5.89. The van der Waals surface area contributed by atoms with Crippen molar-refractivity contribution < 1.29 is 9.53 Å². The molecular weight excluding hydrogens is 216 g/mol. The van der Waals surface area contributed by atoms with Crippen LogP contribution in [0.1, 0.15) is 12.8 Å². The molecule has 1 saturated heterocycles. The molecule has 1 atom stereocenters. The van der Waals surface area contributed by atoms with Crippen LogP contribution in [0.2, 0.25) is 0 Å². The van der Waals surface area contributed by atoms with Crippen LogP contribution in [0, 0.1) is 5.92 Å². The normalized spacial score (nSPS) is 19.9. The fourth-order valence-electron chi connectivity index (χ4n) is 2.07. The Labute approximate surface area is 101 Å². The van der Waals surface area contributed by atoms with Crippen molar-refractivity contribution in [2.75, 3.05) is 30.9 Å². The van der Waals surface area contributed by atoms with Crippen LogP contribution >= 0.6 is 0 Å². The van der Waals surface area contributed by atoms with Gasteiger partial charge in [0.25, 0.3) is 0 Å². The minimum absolute atomic E-state index is 0.0184. The molecule has 4 heteroatoms. The zero-order valence-electron chi connectivity index (χ0n) is 10.1. The molecule has 0 aromatic heterocycles. The Bertz CT molecular complexity index is 400. The van der Waals surface area contributed by atoms with Gasteiger partial charge in [0.15, 0.2) is 0 Å². The van der Waals surface area contributed by atoms with Crippen LogP contribution in [0.25, 0.3) is 0 Å². The third kappa shape index (κ3) is 2.77. The molecule has 0 spiro atoms. The predicted octanol–water partition coefficient (Wildman–Crippen LogP) is 1.66. The number of anilines is 2. The number of amides is 1. The Kier molecular flexibility index (Phi) is 3.64. The Morgan fingerprint density at radius 1 is 1.53 bits per heavy atom. The van der Waals surface area contributed by atoms with Crippen LogP contribution in [0.3, 0.4) is 0 Å². The quantitative estimate of drug-likeness (QED) is 0.792. The molecule has 1 aromatic rings. The van der Waals surface area contributed by atoms with Gasteiger partial charge < -0.3 is 15.4 Å². The molecule has 92 valence electrons. The van der Waals surface area contributed by atoms with Crippen LogP contribution in [-0.2, 0) is 9.53 Å². The molecule has 4 nitrogen and oxygen atoms in total. The molecule has 1 fully saturated rings. The number of carbonyl (C=O) groups excluding carboxylic acids is 1. The first kappa shape index (κ1) is 11.9. The summed E-state index contributed by atoms with van der Waals surface area (Å²) in [5.41, 5.74) is 7.21. The summed E-state index contributed by atoms with van der Waals surface area (Å²) in [6.45, 7) is 1.30. The molecule has 1 amide bonds. The van der Waals surface area contributed by atoms with E-state index in [1.54, 1.807) is 11.9 Å². The van der Waals surface area contributed by atoms with E-state index >= 15 is 0 Å². The van der Waals surface area contributed by atoms with Crippen LogP contribution in [-0.4, -0.2) is 26.2 Å². The van der Waals surface area contributed by atoms with Crippen LogP contribution < -0.4 is 10.6 Å². The molecule has 17 heavy (non-hydrogen) atoms. The highest BCUT2D eigenvalue weighted by molar-refractivity contribution is 5.95. The molecule has 2 N–H and O–H groups in total. The van der Waals surface area contributed by atoms with Crippen LogP contribution in [0.15, 0.2) is 24.3 Å². The fourth-order valence-corrected chi connectivity index (χ4v) is 2.07. The molecule has 1 aliphatic heterocycles. The van der Waals surface area contributed by atoms with E-state index in [-0.39, 0.29) is 11.8 Å². The molecule has 1 aliphatic rings. The summed E-state index contributed by atoms with van der Waals surface area (Å²) in [5, 5.41) is 0. The maximum absolute atomic E-state index is 12.2.